The average molecular weight is 456 g/mol. The molecule has 0 bridgehead atoms. The number of aromatic nitrogens is 2. The fraction of sp³-hybridized carbons (Fsp3) is 0.500. The smallest absolute Gasteiger partial charge is 0.330 e. The lowest BCUT2D eigenvalue weighted by molar-refractivity contribution is -0.117. The first-order chi connectivity index (χ1) is 15.5. The van der Waals surface area contributed by atoms with Crippen molar-refractivity contribution < 1.29 is 9.59 Å². The van der Waals surface area contributed by atoms with Gasteiger partial charge in [-0.3, -0.25) is 23.9 Å². The standard InChI is InChI=1S/C24H33N5O4/c1-13(2)11-28(19-20(25)29(12-14(3)4)24(33)27-22(19)31)23(32)16-7-6-8-17(10-16)26-21(30)18-9-15(18)5/h6-8,10,13-15,18H,9,11-12,25H2,1-5H3,(H,26,30)(H,27,31,33). The predicted molar refractivity (Wildman–Crippen MR) is 129 cm³/mol. The summed E-state index contributed by atoms with van der Waals surface area (Å²) in [6, 6.07) is 6.62. The molecular weight excluding hydrogens is 422 g/mol. The molecule has 2 unspecified atom stereocenters. The lowest BCUT2D eigenvalue weighted by atomic mass is 10.1. The third-order valence-electron chi connectivity index (χ3n) is 5.65. The number of anilines is 3. The fourth-order valence-electron chi connectivity index (χ4n) is 3.83. The minimum absolute atomic E-state index is 0.00200. The van der Waals surface area contributed by atoms with Gasteiger partial charge in [0.2, 0.25) is 5.91 Å². The Morgan fingerprint density at radius 2 is 1.88 bits per heavy atom. The molecule has 2 atom stereocenters. The second-order valence-corrected chi connectivity index (χ2v) is 9.70. The van der Waals surface area contributed by atoms with E-state index in [-0.39, 0.29) is 41.7 Å². The molecule has 9 heteroatoms. The molecule has 1 aliphatic carbocycles. The van der Waals surface area contributed by atoms with Crippen LogP contribution in [0.2, 0.25) is 0 Å². The first kappa shape index (κ1) is 24.3. The summed E-state index contributed by atoms with van der Waals surface area (Å²) in [6.07, 6.45) is 0.862. The second-order valence-electron chi connectivity index (χ2n) is 9.70. The Labute approximate surface area is 193 Å². The number of carbonyl (C=O) groups is 2. The summed E-state index contributed by atoms with van der Waals surface area (Å²) in [5.74, 6) is -0.0440. The molecule has 0 aliphatic heterocycles. The van der Waals surface area contributed by atoms with Gasteiger partial charge in [0, 0.05) is 30.3 Å². The highest BCUT2D eigenvalue weighted by Crippen LogP contribution is 2.38. The van der Waals surface area contributed by atoms with Gasteiger partial charge in [0.05, 0.1) is 0 Å². The third-order valence-corrected chi connectivity index (χ3v) is 5.65. The highest BCUT2D eigenvalue weighted by molar-refractivity contribution is 6.08. The summed E-state index contributed by atoms with van der Waals surface area (Å²) in [5.41, 5.74) is 5.72. The van der Waals surface area contributed by atoms with Crippen LogP contribution in [-0.2, 0) is 11.3 Å². The SMILES string of the molecule is CC(C)CN(C(=O)c1cccc(NC(=O)C2CC2C)c1)c1c(N)n(CC(C)C)c(=O)[nH]c1=O. The maximum Gasteiger partial charge on any atom is 0.330 e. The monoisotopic (exact) mass is 455 g/mol. The Morgan fingerprint density at radius 1 is 1.21 bits per heavy atom. The second kappa shape index (κ2) is 9.64. The molecule has 1 aromatic heterocycles. The number of H-pyrrole nitrogens is 1. The molecular formula is C24H33N5O4. The molecule has 4 N–H and O–H groups in total. The van der Waals surface area contributed by atoms with Gasteiger partial charge in [0.15, 0.2) is 5.69 Å². The van der Waals surface area contributed by atoms with Gasteiger partial charge in [0.1, 0.15) is 5.82 Å². The largest absolute Gasteiger partial charge is 0.383 e. The molecule has 0 saturated heterocycles. The van der Waals surface area contributed by atoms with Gasteiger partial charge >= 0.3 is 5.69 Å². The van der Waals surface area contributed by atoms with E-state index in [0.29, 0.717) is 23.7 Å². The van der Waals surface area contributed by atoms with E-state index >= 15 is 0 Å². The molecule has 33 heavy (non-hydrogen) atoms. The fourth-order valence-corrected chi connectivity index (χ4v) is 3.83. The van der Waals surface area contributed by atoms with Crippen LogP contribution in [0.4, 0.5) is 17.2 Å². The van der Waals surface area contributed by atoms with Crippen LogP contribution in [0.1, 0.15) is 51.4 Å². The van der Waals surface area contributed by atoms with Crippen LogP contribution in [0.25, 0.3) is 0 Å². The van der Waals surface area contributed by atoms with E-state index in [1.807, 2.05) is 34.6 Å². The summed E-state index contributed by atoms with van der Waals surface area (Å²) in [5, 5.41) is 2.86. The number of nitrogens with one attached hydrogen (secondary N) is 2. The van der Waals surface area contributed by atoms with Gasteiger partial charge in [-0.05, 0) is 42.4 Å². The van der Waals surface area contributed by atoms with Crippen molar-refractivity contribution in [2.24, 2.45) is 23.7 Å². The van der Waals surface area contributed by atoms with E-state index in [4.69, 9.17) is 5.73 Å². The normalized spacial score (nSPS) is 17.3. The number of aromatic amines is 1. The van der Waals surface area contributed by atoms with E-state index in [2.05, 4.69) is 10.3 Å². The molecule has 0 spiro atoms. The van der Waals surface area contributed by atoms with Crippen LogP contribution in [0.15, 0.2) is 33.9 Å². The van der Waals surface area contributed by atoms with Crippen LogP contribution >= 0.6 is 0 Å². The van der Waals surface area contributed by atoms with Crippen molar-refractivity contribution in [3.63, 3.8) is 0 Å². The summed E-state index contributed by atoms with van der Waals surface area (Å²) in [4.78, 5) is 54.6. The molecule has 0 radical (unpaired) electrons. The molecule has 1 aliphatic rings. The number of benzene rings is 1. The van der Waals surface area contributed by atoms with Crippen molar-refractivity contribution in [1.82, 2.24) is 9.55 Å². The van der Waals surface area contributed by atoms with E-state index in [9.17, 15) is 19.2 Å². The van der Waals surface area contributed by atoms with Crippen LogP contribution in [-0.4, -0.2) is 27.9 Å². The quantitative estimate of drug-likeness (QED) is 0.563. The minimum atomic E-state index is -0.710. The Bertz CT molecular complexity index is 1160. The highest BCUT2D eigenvalue weighted by atomic mass is 16.2. The summed E-state index contributed by atoms with van der Waals surface area (Å²) in [6.45, 7) is 10.2. The van der Waals surface area contributed by atoms with E-state index in [1.54, 1.807) is 24.3 Å². The molecule has 178 valence electrons. The zero-order valence-electron chi connectivity index (χ0n) is 19.8. The van der Waals surface area contributed by atoms with Crippen molar-refractivity contribution >= 4 is 29.0 Å². The molecule has 1 heterocycles. The van der Waals surface area contributed by atoms with Crippen LogP contribution in [0.5, 0.6) is 0 Å². The number of nitrogen functional groups attached to an aromatic ring is 1. The van der Waals surface area contributed by atoms with Crippen LogP contribution in [0.3, 0.4) is 0 Å². The Kier molecular flexibility index (Phi) is 7.09. The molecule has 1 aromatic carbocycles. The first-order valence-corrected chi connectivity index (χ1v) is 11.3. The van der Waals surface area contributed by atoms with E-state index in [0.717, 1.165) is 6.42 Å². The van der Waals surface area contributed by atoms with Crippen molar-refractivity contribution in [3.8, 4) is 0 Å². The minimum Gasteiger partial charge on any atom is -0.383 e. The number of hydrogen-bond acceptors (Lipinski definition) is 5. The van der Waals surface area contributed by atoms with Crippen molar-refractivity contribution in [2.75, 3.05) is 22.5 Å². The zero-order valence-corrected chi connectivity index (χ0v) is 19.8. The summed E-state index contributed by atoms with van der Waals surface area (Å²) in [7, 11) is 0. The zero-order chi connectivity index (χ0) is 24.4. The molecule has 3 rings (SSSR count). The van der Waals surface area contributed by atoms with Gasteiger partial charge in [-0.25, -0.2) is 4.79 Å². The maximum atomic E-state index is 13.6. The molecule has 1 fully saturated rings. The summed E-state index contributed by atoms with van der Waals surface area (Å²) >= 11 is 0. The van der Waals surface area contributed by atoms with Gasteiger partial charge in [-0.2, -0.15) is 0 Å². The van der Waals surface area contributed by atoms with Crippen molar-refractivity contribution in [2.45, 2.75) is 47.6 Å². The van der Waals surface area contributed by atoms with Gasteiger partial charge in [-0.15, -0.1) is 0 Å². The van der Waals surface area contributed by atoms with Crippen LogP contribution < -0.4 is 27.2 Å². The lowest BCUT2D eigenvalue weighted by Gasteiger charge is -2.26. The highest BCUT2D eigenvalue weighted by Gasteiger charge is 2.39. The van der Waals surface area contributed by atoms with Gasteiger partial charge < -0.3 is 16.0 Å². The molecule has 2 amide bonds. The number of amides is 2. The van der Waals surface area contributed by atoms with Gasteiger partial charge in [0.25, 0.3) is 11.5 Å². The number of nitrogens with zero attached hydrogens (tertiary/aromatic N) is 2. The number of carbonyl (C=O) groups excluding carboxylic acids is 2. The number of hydrogen-bond donors (Lipinski definition) is 3. The molecule has 1 saturated carbocycles. The predicted octanol–water partition coefficient (Wildman–Crippen LogP) is 2.67. The van der Waals surface area contributed by atoms with E-state index in [1.165, 1.54) is 9.47 Å². The Balaban J connectivity index is 2.00. The van der Waals surface area contributed by atoms with Crippen LogP contribution in [0, 0.1) is 23.7 Å². The number of nitrogens with two attached hydrogens (primary N) is 1. The topological polar surface area (TPSA) is 130 Å². The first-order valence-electron chi connectivity index (χ1n) is 11.3. The summed E-state index contributed by atoms with van der Waals surface area (Å²) < 4.78 is 1.29. The van der Waals surface area contributed by atoms with Crippen molar-refractivity contribution in [1.29, 1.82) is 0 Å². The Hall–Kier alpha value is -3.36. The Morgan fingerprint density at radius 3 is 2.45 bits per heavy atom. The molecule has 2 aromatic rings. The lowest BCUT2D eigenvalue weighted by Crippen LogP contribution is -2.43. The van der Waals surface area contributed by atoms with Crippen molar-refractivity contribution in [3.05, 3.63) is 50.7 Å². The van der Waals surface area contributed by atoms with E-state index < -0.39 is 17.2 Å². The average Bonchev–Trinajstić information content (AvgIpc) is 3.46. The third kappa shape index (κ3) is 5.53. The van der Waals surface area contributed by atoms with Gasteiger partial charge in [-0.1, -0.05) is 40.7 Å². The maximum absolute atomic E-state index is 13.6. The number of rotatable bonds is 8. The molecule has 9 nitrogen and oxygen atoms in total.